The van der Waals surface area contributed by atoms with E-state index in [9.17, 15) is 4.79 Å². The highest BCUT2D eigenvalue weighted by Crippen LogP contribution is 2.13. The van der Waals surface area contributed by atoms with Crippen molar-refractivity contribution in [2.45, 2.75) is 26.8 Å². The summed E-state index contributed by atoms with van der Waals surface area (Å²) in [6.45, 7) is 9.00. The molecule has 1 heterocycles. The molecule has 1 aromatic rings. The first-order chi connectivity index (χ1) is 8.58. The topological polar surface area (TPSA) is 45.2 Å². The summed E-state index contributed by atoms with van der Waals surface area (Å²) >= 11 is 5.93. The molecule has 1 N–H and O–H groups in total. The van der Waals surface area contributed by atoms with Gasteiger partial charge in [0, 0.05) is 25.0 Å². The molecule has 0 aliphatic carbocycles. The third-order valence-corrected chi connectivity index (χ3v) is 3.12. The first-order valence-corrected chi connectivity index (χ1v) is 6.59. The number of hydrogen-bond acceptors (Lipinski definition) is 3. The smallest absolute Gasteiger partial charge is 0.253 e. The highest BCUT2D eigenvalue weighted by atomic mass is 35.5. The molecular weight excluding hydrogens is 250 g/mol. The van der Waals surface area contributed by atoms with Gasteiger partial charge in [0.15, 0.2) is 0 Å². The van der Waals surface area contributed by atoms with E-state index in [-0.39, 0.29) is 11.9 Å². The molecule has 1 atom stereocenters. The van der Waals surface area contributed by atoms with E-state index in [0.717, 1.165) is 19.6 Å². The summed E-state index contributed by atoms with van der Waals surface area (Å²) in [5.41, 5.74) is 0.470. The van der Waals surface area contributed by atoms with Gasteiger partial charge in [0.1, 0.15) is 0 Å². The van der Waals surface area contributed by atoms with Crippen molar-refractivity contribution in [3.05, 3.63) is 29.0 Å². The Hall–Kier alpha value is -1.13. The number of pyridine rings is 1. The number of carbonyl (C=O) groups excluding carboxylic acids is 1. The molecule has 0 aliphatic heterocycles. The van der Waals surface area contributed by atoms with Crippen LogP contribution in [0.15, 0.2) is 18.5 Å². The molecule has 1 aromatic heterocycles. The Kier molecular flexibility index (Phi) is 6.09. The number of rotatable bonds is 6. The lowest BCUT2D eigenvalue weighted by Gasteiger charge is -2.23. The van der Waals surface area contributed by atoms with Gasteiger partial charge < -0.3 is 10.2 Å². The Morgan fingerprint density at radius 2 is 2.17 bits per heavy atom. The summed E-state index contributed by atoms with van der Waals surface area (Å²) in [4.78, 5) is 18.1. The van der Waals surface area contributed by atoms with E-state index in [4.69, 9.17) is 11.6 Å². The van der Waals surface area contributed by atoms with E-state index in [0.29, 0.717) is 10.6 Å². The minimum atomic E-state index is -0.151. The molecule has 0 spiro atoms. The van der Waals surface area contributed by atoms with Crippen LogP contribution in [0.3, 0.4) is 0 Å². The lowest BCUT2D eigenvalue weighted by Crippen LogP contribution is -2.42. The van der Waals surface area contributed by atoms with Crippen molar-refractivity contribution in [3.8, 4) is 0 Å². The number of likely N-dealkylation sites (N-methyl/N-ethyl adjacent to an activating group) is 1. The van der Waals surface area contributed by atoms with Crippen LogP contribution in [0.4, 0.5) is 0 Å². The van der Waals surface area contributed by atoms with Gasteiger partial charge in [-0.1, -0.05) is 25.4 Å². The van der Waals surface area contributed by atoms with Crippen LogP contribution in [-0.2, 0) is 0 Å². The number of amides is 1. The number of halogens is 1. The second-order valence-corrected chi connectivity index (χ2v) is 4.62. The Balaban J connectivity index is 2.57. The largest absolute Gasteiger partial charge is 0.348 e. The molecule has 0 bridgehead atoms. The van der Waals surface area contributed by atoms with Gasteiger partial charge in [0.2, 0.25) is 0 Å². The van der Waals surface area contributed by atoms with E-state index in [1.807, 2.05) is 6.92 Å². The average molecular weight is 270 g/mol. The number of nitrogens with one attached hydrogen (secondary N) is 1. The Morgan fingerprint density at radius 3 is 2.72 bits per heavy atom. The second kappa shape index (κ2) is 7.34. The maximum atomic E-state index is 12.0. The molecule has 18 heavy (non-hydrogen) atoms. The molecule has 0 aliphatic rings. The van der Waals surface area contributed by atoms with Gasteiger partial charge in [0.05, 0.1) is 10.6 Å². The van der Waals surface area contributed by atoms with Gasteiger partial charge in [0.25, 0.3) is 5.91 Å². The van der Waals surface area contributed by atoms with Gasteiger partial charge in [-0.05, 0) is 26.1 Å². The second-order valence-electron chi connectivity index (χ2n) is 4.22. The zero-order valence-corrected chi connectivity index (χ0v) is 11.9. The van der Waals surface area contributed by atoms with Crippen LogP contribution in [0, 0.1) is 0 Å². The molecule has 1 amide bonds. The third kappa shape index (κ3) is 4.27. The fraction of sp³-hybridized carbons (Fsp3) is 0.538. The molecule has 0 fully saturated rings. The fourth-order valence-electron chi connectivity index (χ4n) is 1.78. The number of aromatic nitrogens is 1. The number of hydrogen-bond donors (Lipinski definition) is 1. The minimum Gasteiger partial charge on any atom is -0.348 e. The molecule has 4 nitrogen and oxygen atoms in total. The summed E-state index contributed by atoms with van der Waals surface area (Å²) in [7, 11) is 0. The quantitative estimate of drug-likeness (QED) is 0.861. The summed E-state index contributed by atoms with van der Waals surface area (Å²) in [6.07, 6.45) is 3.04. The number of nitrogens with zero attached hydrogens (tertiary/aromatic N) is 2. The highest BCUT2D eigenvalue weighted by Gasteiger charge is 2.14. The van der Waals surface area contributed by atoms with Crippen LogP contribution in [0.1, 0.15) is 31.1 Å². The average Bonchev–Trinajstić information content (AvgIpc) is 2.36. The van der Waals surface area contributed by atoms with Crippen molar-refractivity contribution >= 4 is 17.5 Å². The SMILES string of the molecule is CCN(CC)CC(C)NC(=O)c1ccncc1Cl. The monoisotopic (exact) mass is 269 g/mol. The van der Waals surface area contributed by atoms with E-state index in [2.05, 4.69) is 29.0 Å². The van der Waals surface area contributed by atoms with E-state index in [1.165, 1.54) is 6.20 Å². The Bertz CT molecular complexity index is 394. The van der Waals surface area contributed by atoms with Crippen molar-refractivity contribution in [1.82, 2.24) is 15.2 Å². The predicted molar refractivity (Wildman–Crippen MR) is 74.0 cm³/mol. The first kappa shape index (κ1) is 14.9. The maximum Gasteiger partial charge on any atom is 0.253 e. The van der Waals surface area contributed by atoms with Gasteiger partial charge in [-0.15, -0.1) is 0 Å². The lowest BCUT2D eigenvalue weighted by molar-refractivity contribution is 0.0930. The predicted octanol–water partition coefficient (Wildman–Crippen LogP) is 2.20. The molecule has 5 heteroatoms. The van der Waals surface area contributed by atoms with Crippen molar-refractivity contribution in [2.24, 2.45) is 0 Å². The van der Waals surface area contributed by atoms with Gasteiger partial charge >= 0.3 is 0 Å². The molecule has 0 saturated heterocycles. The van der Waals surface area contributed by atoms with Gasteiger partial charge in [-0.2, -0.15) is 0 Å². The zero-order valence-electron chi connectivity index (χ0n) is 11.1. The fourth-order valence-corrected chi connectivity index (χ4v) is 1.98. The van der Waals surface area contributed by atoms with E-state index in [1.54, 1.807) is 12.3 Å². The van der Waals surface area contributed by atoms with Gasteiger partial charge in [-0.25, -0.2) is 0 Å². The first-order valence-electron chi connectivity index (χ1n) is 6.21. The van der Waals surface area contributed by atoms with Crippen LogP contribution in [-0.4, -0.2) is 41.5 Å². The van der Waals surface area contributed by atoms with Gasteiger partial charge in [-0.3, -0.25) is 9.78 Å². The molecule has 0 radical (unpaired) electrons. The zero-order chi connectivity index (χ0) is 13.5. The van der Waals surface area contributed by atoms with Crippen LogP contribution in [0.2, 0.25) is 5.02 Å². The van der Waals surface area contributed by atoms with Crippen LogP contribution < -0.4 is 5.32 Å². The lowest BCUT2D eigenvalue weighted by atomic mass is 10.2. The summed E-state index contributed by atoms with van der Waals surface area (Å²) < 4.78 is 0. The molecule has 0 saturated carbocycles. The third-order valence-electron chi connectivity index (χ3n) is 2.82. The summed E-state index contributed by atoms with van der Waals surface area (Å²) in [5.74, 6) is -0.151. The number of carbonyl (C=O) groups is 1. The molecule has 1 rings (SSSR count). The van der Waals surface area contributed by atoms with E-state index >= 15 is 0 Å². The van der Waals surface area contributed by atoms with Crippen molar-refractivity contribution in [2.75, 3.05) is 19.6 Å². The summed E-state index contributed by atoms with van der Waals surface area (Å²) in [6, 6.07) is 1.71. The Labute approximate surface area is 113 Å². The molecule has 0 aromatic carbocycles. The van der Waals surface area contributed by atoms with Crippen LogP contribution >= 0.6 is 11.6 Å². The standard InChI is InChI=1S/C13H20ClN3O/c1-4-17(5-2)9-10(3)16-13(18)11-6-7-15-8-12(11)14/h6-8,10H,4-5,9H2,1-3H3,(H,16,18). The van der Waals surface area contributed by atoms with E-state index < -0.39 is 0 Å². The minimum absolute atomic E-state index is 0.0848. The maximum absolute atomic E-state index is 12.0. The van der Waals surface area contributed by atoms with Crippen molar-refractivity contribution in [1.29, 1.82) is 0 Å². The highest BCUT2D eigenvalue weighted by molar-refractivity contribution is 6.33. The van der Waals surface area contributed by atoms with Crippen molar-refractivity contribution < 1.29 is 4.79 Å². The molecule has 1 unspecified atom stereocenters. The Morgan fingerprint density at radius 1 is 1.50 bits per heavy atom. The van der Waals surface area contributed by atoms with Crippen LogP contribution in [0.5, 0.6) is 0 Å². The molecule has 100 valence electrons. The molecular formula is C13H20ClN3O. The van der Waals surface area contributed by atoms with Crippen LogP contribution in [0.25, 0.3) is 0 Å². The summed E-state index contributed by atoms with van der Waals surface area (Å²) in [5, 5.41) is 3.32. The van der Waals surface area contributed by atoms with Crippen molar-refractivity contribution in [3.63, 3.8) is 0 Å². The normalized spacial score (nSPS) is 12.5.